The van der Waals surface area contributed by atoms with Gasteiger partial charge < -0.3 is 4.98 Å². The van der Waals surface area contributed by atoms with Gasteiger partial charge in [0.25, 0.3) is 5.56 Å². The maximum atomic E-state index is 10.7. The van der Waals surface area contributed by atoms with Gasteiger partial charge in [0, 0.05) is 16.7 Å². The molecule has 62 valence electrons. The van der Waals surface area contributed by atoms with E-state index in [2.05, 4.69) is 15.0 Å². The molecule has 0 aliphatic rings. The summed E-state index contributed by atoms with van der Waals surface area (Å²) in [5.41, 5.74) is 7.12. The summed E-state index contributed by atoms with van der Waals surface area (Å²) in [6.07, 6.45) is 0. The maximum Gasteiger partial charge on any atom is 0.325 e. The van der Waals surface area contributed by atoms with Crippen molar-refractivity contribution in [3.8, 4) is 0 Å². The Balaban J connectivity index is 3.09. The SMILES string of the molecule is [N-]=[N+]=NCc1cc(=O)[nH]c(=O)[nH]1. The first-order valence-corrected chi connectivity index (χ1v) is 3.06. The summed E-state index contributed by atoms with van der Waals surface area (Å²) in [5, 5.41) is 3.18. The highest BCUT2D eigenvalue weighted by Gasteiger charge is 1.93. The van der Waals surface area contributed by atoms with Gasteiger partial charge in [0.1, 0.15) is 0 Å². The van der Waals surface area contributed by atoms with Gasteiger partial charge in [-0.15, -0.1) is 0 Å². The molecular weight excluding hydrogens is 162 g/mol. The van der Waals surface area contributed by atoms with E-state index in [-0.39, 0.29) is 6.54 Å². The van der Waals surface area contributed by atoms with Gasteiger partial charge in [-0.25, -0.2) is 4.79 Å². The third-order valence-corrected chi connectivity index (χ3v) is 1.12. The lowest BCUT2D eigenvalue weighted by atomic mass is 10.4. The van der Waals surface area contributed by atoms with Crippen LogP contribution >= 0.6 is 0 Å². The molecule has 12 heavy (non-hydrogen) atoms. The molecule has 7 nitrogen and oxygen atoms in total. The highest BCUT2D eigenvalue weighted by atomic mass is 16.2. The zero-order chi connectivity index (χ0) is 8.97. The molecule has 0 unspecified atom stereocenters. The van der Waals surface area contributed by atoms with Gasteiger partial charge in [0.05, 0.1) is 6.54 Å². The first-order chi connectivity index (χ1) is 5.72. The van der Waals surface area contributed by atoms with Crippen LogP contribution in [0.1, 0.15) is 5.69 Å². The molecule has 0 fully saturated rings. The van der Waals surface area contributed by atoms with Crippen LogP contribution in [0.5, 0.6) is 0 Å². The lowest BCUT2D eigenvalue weighted by molar-refractivity contribution is 0.907. The Labute approximate surface area is 65.7 Å². The minimum absolute atomic E-state index is 0.0321. The molecule has 1 heterocycles. The van der Waals surface area contributed by atoms with Crippen LogP contribution in [0, 0.1) is 0 Å². The molecule has 0 saturated heterocycles. The van der Waals surface area contributed by atoms with E-state index in [1.54, 1.807) is 0 Å². The molecular formula is C5H5N5O2. The van der Waals surface area contributed by atoms with Crippen molar-refractivity contribution in [1.82, 2.24) is 9.97 Å². The van der Waals surface area contributed by atoms with Crippen molar-refractivity contribution >= 4 is 0 Å². The van der Waals surface area contributed by atoms with E-state index in [0.717, 1.165) is 6.07 Å². The average molecular weight is 167 g/mol. The van der Waals surface area contributed by atoms with E-state index >= 15 is 0 Å². The molecule has 2 N–H and O–H groups in total. The predicted molar refractivity (Wildman–Crippen MR) is 40.5 cm³/mol. The van der Waals surface area contributed by atoms with Crippen LogP contribution in [-0.4, -0.2) is 9.97 Å². The van der Waals surface area contributed by atoms with Crippen LogP contribution in [0.2, 0.25) is 0 Å². The first kappa shape index (κ1) is 8.09. The summed E-state index contributed by atoms with van der Waals surface area (Å²) < 4.78 is 0. The standard InChI is InChI=1S/C5H5N5O2/c6-10-7-2-3-1-4(11)9-5(12)8-3/h1H,2H2,(H2,8,9,11,12). The Kier molecular flexibility index (Phi) is 2.29. The smallest absolute Gasteiger partial charge is 0.311 e. The molecule has 7 heteroatoms. The second kappa shape index (κ2) is 3.40. The Morgan fingerprint density at radius 2 is 2.25 bits per heavy atom. The van der Waals surface area contributed by atoms with Gasteiger partial charge in [-0.05, 0) is 5.53 Å². The van der Waals surface area contributed by atoms with Gasteiger partial charge >= 0.3 is 5.69 Å². The Hall–Kier alpha value is -2.01. The minimum atomic E-state index is -0.606. The highest BCUT2D eigenvalue weighted by Crippen LogP contribution is 1.88. The van der Waals surface area contributed by atoms with Gasteiger partial charge in [-0.1, -0.05) is 5.11 Å². The van der Waals surface area contributed by atoms with E-state index in [1.165, 1.54) is 0 Å². The zero-order valence-electron chi connectivity index (χ0n) is 5.94. The monoisotopic (exact) mass is 167 g/mol. The quantitative estimate of drug-likeness (QED) is 0.363. The summed E-state index contributed by atoms with van der Waals surface area (Å²) in [6.45, 7) is -0.0321. The van der Waals surface area contributed by atoms with Gasteiger partial charge in [-0.2, -0.15) is 0 Å². The van der Waals surface area contributed by atoms with E-state index in [9.17, 15) is 9.59 Å². The van der Waals surface area contributed by atoms with Gasteiger partial charge in [0.2, 0.25) is 0 Å². The third-order valence-electron chi connectivity index (χ3n) is 1.12. The Morgan fingerprint density at radius 3 is 2.83 bits per heavy atom. The largest absolute Gasteiger partial charge is 0.325 e. The van der Waals surface area contributed by atoms with E-state index in [4.69, 9.17) is 5.53 Å². The molecule has 0 bridgehead atoms. The number of hydrogen-bond donors (Lipinski definition) is 2. The summed E-state index contributed by atoms with van der Waals surface area (Å²) in [4.78, 5) is 28.1. The molecule has 0 aromatic carbocycles. The molecule has 1 aromatic rings. The maximum absolute atomic E-state index is 10.7. The van der Waals surface area contributed by atoms with Crippen molar-refractivity contribution in [3.63, 3.8) is 0 Å². The van der Waals surface area contributed by atoms with Crippen LogP contribution in [0.4, 0.5) is 0 Å². The van der Waals surface area contributed by atoms with E-state index in [1.807, 2.05) is 4.98 Å². The van der Waals surface area contributed by atoms with Crippen LogP contribution < -0.4 is 11.2 Å². The van der Waals surface area contributed by atoms with Crippen molar-refractivity contribution in [2.75, 3.05) is 0 Å². The predicted octanol–water partition coefficient (Wildman–Crippen LogP) is -0.126. The van der Waals surface area contributed by atoms with Gasteiger partial charge in [-0.3, -0.25) is 9.78 Å². The fourth-order valence-corrected chi connectivity index (χ4v) is 0.712. The fraction of sp³-hybridized carbons (Fsp3) is 0.200. The number of H-pyrrole nitrogens is 2. The second-order valence-corrected chi connectivity index (χ2v) is 2.00. The number of nitrogens with one attached hydrogen (secondary N) is 2. The van der Waals surface area contributed by atoms with Crippen molar-refractivity contribution in [1.29, 1.82) is 0 Å². The normalized spacial score (nSPS) is 9.00. The van der Waals surface area contributed by atoms with Crippen LogP contribution in [0.25, 0.3) is 10.4 Å². The summed E-state index contributed by atoms with van der Waals surface area (Å²) in [6, 6.07) is 1.16. The van der Waals surface area contributed by atoms with E-state index in [0.29, 0.717) is 5.69 Å². The number of azide groups is 1. The molecule has 0 aliphatic heterocycles. The molecule has 0 radical (unpaired) electrons. The van der Waals surface area contributed by atoms with Crippen LogP contribution in [0.3, 0.4) is 0 Å². The first-order valence-electron chi connectivity index (χ1n) is 3.06. The van der Waals surface area contributed by atoms with Crippen molar-refractivity contribution in [2.45, 2.75) is 6.54 Å². The summed E-state index contributed by atoms with van der Waals surface area (Å²) >= 11 is 0. The lowest BCUT2D eigenvalue weighted by Gasteiger charge is -1.91. The lowest BCUT2D eigenvalue weighted by Crippen LogP contribution is -2.22. The van der Waals surface area contributed by atoms with E-state index < -0.39 is 11.2 Å². The zero-order valence-corrected chi connectivity index (χ0v) is 5.94. The molecule has 0 atom stereocenters. The van der Waals surface area contributed by atoms with Crippen LogP contribution in [0.15, 0.2) is 20.8 Å². The molecule has 0 spiro atoms. The van der Waals surface area contributed by atoms with Crippen molar-refractivity contribution < 1.29 is 0 Å². The molecule has 1 aromatic heterocycles. The number of hydrogen-bond acceptors (Lipinski definition) is 3. The topological polar surface area (TPSA) is 114 Å². The number of rotatable bonds is 2. The fourth-order valence-electron chi connectivity index (χ4n) is 0.712. The average Bonchev–Trinajstić information content (AvgIpc) is 1.99. The number of aromatic amines is 2. The summed E-state index contributed by atoms with van der Waals surface area (Å²) in [5.74, 6) is 0. The van der Waals surface area contributed by atoms with Gasteiger partial charge in [0.15, 0.2) is 0 Å². The Morgan fingerprint density at radius 1 is 1.50 bits per heavy atom. The number of aromatic nitrogens is 2. The molecule has 0 saturated carbocycles. The van der Waals surface area contributed by atoms with Crippen molar-refractivity contribution in [3.05, 3.63) is 43.0 Å². The van der Waals surface area contributed by atoms with Crippen LogP contribution in [-0.2, 0) is 6.54 Å². The second-order valence-electron chi connectivity index (χ2n) is 2.00. The minimum Gasteiger partial charge on any atom is -0.311 e. The summed E-state index contributed by atoms with van der Waals surface area (Å²) in [7, 11) is 0. The van der Waals surface area contributed by atoms with Crippen molar-refractivity contribution in [2.24, 2.45) is 5.11 Å². The highest BCUT2D eigenvalue weighted by molar-refractivity contribution is 4.97. The molecule has 1 rings (SSSR count). The third kappa shape index (κ3) is 1.99. The molecule has 0 aliphatic carbocycles. The molecule has 0 amide bonds. The Bertz CT molecular complexity index is 396. The number of nitrogens with zero attached hydrogens (tertiary/aromatic N) is 3.